The maximum atomic E-state index is 6.19. The molecule has 0 bridgehead atoms. The SMILES string of the molecule is CCC[Si](C)(CCC)C(N)CC. The van der Waals surface area contributed by atoms with Gasteiger partial charge in [0.15, 0.2) is 0 Å². The molecule has 0 rings (SSSR count). The maximum Gasteiger partial charge on any atom is 0.0692 e. The summed E-state index contributed by atoms with van der Waals surface area (Å²) >= 11 is 0. The fourth-order valence-corrected chi connectivity index (χ4v) is 6.39. The lowest BCUT2D eigenvalue weighted by molar-refractivity contribution is 0.782. The molecule has 2 N–H and O–H groups in total. The van der Waals surface area contributed by atoms with Gasteiger partial charge in [-0.15, -0.1) is 0 Å². The molecule has 0 aliphatic rings. The first-order valence-electron chi connectivity index (χ1n) is 5.36. The summed E-state index contributed by atoms with van der Waals surface area (Å²) in [6.45, 7) is 9.27. The van der Waals surface area contributed by atoms with E-state index >= 15 is 0 Å². The Balaban J connectivity index is 4.15. The van der Waals surface area contributed by atoms with Crippen molar-refractivity contribution in [3.05, 3.63) is 0 Å². The third kappa shape index (κ3) is 3.28. The second-order valence-corrected chi connectivity index (χ2v) is 9.22. The molecule has 1 atom stereocenters. The third-order valence-corrected chi connectivity index (χ3v) is 8.46. The van der Waals surface area contributed by atoms with Crippen LogP contribution in [0, 0.1) is 0 Å². The summed E-state index contributed by atoms with van der Waals surface area (Å²) in [6, 6.07) is 2.83. The quantitative estimate of drug-likeness (QED) is 0.635. The second-order valence-electron chi connectivity index (χ2n) is 4.17. The summed E-state index contributed by atoms with van der Waals surface area (Å²) in [7, 11) is -1.08. The highest BCUT2D eigenvalue weighted by Crippen LogP contribution is 2.23. The Bertz CT molecular complexity index is 108. The van der Waals surface area contributed by atoms with Gasteiger partial charge in [0.1, 0.15) is 0 Å². The second kappa shape index (κ2) is 5.76. The van der Waals surface area contributed by atoms with Crippen molar-refractivity contribution in [1.29, 1.82) is 0 Å². The zero-order valence-electron chi connectivity index (χ0n) is 9.19. The molecular weight excluding hydrogens is 162 g/mol. The first-order chi connectivity index (χ1) is 5.60. The number of hydrogen-bond acceptors (Lipinski definition) is 1. The van der Waals surface area contributed by atoms with Crippen LogP contribution in [0.3, 0.4) is 0 Å². The van der Waals surface area contributed by atoms with Crippen LogP contribution in [0.5, 0.6) is 0 Å². The van der Waals surface area contributed by atoms with Crippen molar-refractivity contribution in [3.8, 4) is 0 Å². The van der Waals surface area contributed by atoms with E-state index in [-0.39, 0.29) is 0 Å². The van der Waals surface area contributed by atoms with Gasteiger partial charge in [0.2, 0.25) is 0 Å². The molecule has 0 spiro atoms. The first-order valence-corrected chi connectivity index (χ1v) is 8.35. The van der Waals surface area contributed by atoms with E-state index in [1.54, 1.807) is 0 Å². The van der Waals surface area contributed by atoms with Crippen LogP contribution in [0.4, 0.5) is 0 Å². The fraction of sp³-hybridized carbons (Fsp3) is 1.00. The standard InChI is InChI=1S/C10H25NSi/c1-5-8-12(4,9-6-2)10(11)7-3/h10H,5-9,11H2,1-4H3. The Morgan fingerprint density at radius 1 is 1.08 bits per heavy atom. The van der Waals surface area contributed by atoms with Crippen LogP contribution < -0.4 is 5.73 Å². The monoisotopic (exact) mass is 187 g/mol. The van der Waals surface area contributed by atoms with Gasteiger partial charge < -0.3 is 5.73 Å². The van der Waals surface area contributed by atoms with Crippen molar-refractivity contribution in [2.24, 2.45) is 5.73 Å². The summed E-state index contributed by atoms with van der Waals surface area (Å²) in [5, 5.41) is 0. The van der Waals surface area contributed by atoms with E-state index in [9.17, 15) is 0 Å². The summed E-state index contributed by atoms with van der Waals surface area (Å²) in [5.41, 5.74) is 6.71. The van der Waals surface area contributed by atoms with Crippen molar-refractivity contribution in [1.82, 2.24) is 0 Å². The molecule has 12 heavy (non-hydrogen) atoms. The van der Waals surface area contributed by atoms with E-state index in [1.807, 2.05) is 0 Å². The smallest absolute Gasteiger partial charge is 0.0692 e. The van der Waals surface area contributed by atoms with Crippen LogP contribution in [0.15, 0.2) is 0 Å². The molecule has 74 valence electrons. The molecule has 1 nitrogen and oxygen atoms in total. The average molecular weight is 187 g/mol. The van der Waals surface area contributed by atoms with Gasteiger partial charge in [-0.2, -0.15) is 0 Å². The van der Waals surface area contributed by atoms with E-state index in [4.69, 9.17) is 5.73 Å². The number of nitrogens with two attached hydrogens (primary N) is 1. The van der Waals surface area contributed by atoms with Crippen molar-refractivity contribution in [2.75, 3.05) is 0 Å². The normalized spacial score (nSPS) is 14.8. The lowest BCUT2D eigenvalue weighted by atomic mass is 10.5. The largest absolute Gasteiger partial charge is 0.330 e. The fourth-order valence-electron chi connectivity index (χ4n) is 2.13. The van der Waals surface area contributed by atoms with Crippen molar-refractivity contribution < 1.29 is 0 Å². The zero-order valence-corrected chi connectivity index (χ0v) is 10.2. The van der Waals surface area contributed by atoms with Gasteiger partial charge in [-0.25, -0.2) is 0 Å². The van der Waals surface area contributed by atoms with E-state index in [2.05, 4.69) is 27.3 Å². The molecule has 0 radical (unpaired) electrons. The summed E-state index contributed by atoms with van der Waals surface area (Å²) in [6.07, 6.45) is 3.80. The van der Waals surface area contributed by atoms with E-state index in [0.717, 1.165) is 0 Å². The summed E-state index contributed by atoms with van der Waals surface area (Å²) < 4.78 is 0. The minimum absolute atomic E-state index is 0.525. The topological polar surface area (TPSA) is 26.0 Å². The molecule has 0 saturated carbocycles. The van der Waals surface area contributed by atoms with Crippen LogP contribution in [-0.4, -0.2) is 13.7 Å². The molecule has 2 heteroatoms. The summed E-state index contributed by atoms with van der Waals surface area (Å²) in [5.74, 6) is 0. The van der Waals surface area contributed by atoms with Gasteiger partial charge in [-0.1, -0.05) is 52.2 Å². The van der Waals surface area contributed by atoms with Crippen LogP contribution in [-0.2, 0) is 0 Å². The van der Waals surface area contributed by atoms with Gasteiger partial charge in [0, 0.05) is 0 Å². The molecule has 0 aromatic rings. The minimum Gasteiger partial charge on any atom is -0.330 e. The highest BCUT2D eigenvalue weighted by atomic mass is 28.3. The van der Waals surface area contributed by atoms with E-state index in [1.165, 1.54) is 31.4 Å². The molecule has 1 unspecified atom stereocenters. The Morgan fingerprint density at radius 2 is 1.50 bits per heavy atom. The molecule has 0 saturated heterocycles. The third-order valence-electron chi connectivity index (χ3n) is 2.98. The predicted octanol–water partition coefficient (Wildman–Crippen LogP) is 3.16. The lowest BCUT2D eigenvalue weighted by Gasteiger charge is -2.32. The Morgan fingerprint density at radius 3 is 1.75 bits per heavy atom. The molecule has 0 heterocycles. The van der Waals surface area contributed by atoms with Crippen LogP contribution >= 0.6 is 0 Å². The van der Waals surface area contributed by atoms with Gasteiger partial charge in [-0.3, -0.25) is 0 Å². The first kappa shape index (κ1) is 12.2. The Kier molecular flexibility index (Phi) is 5.84. The molecular formula is C10H25NSi. The zero-order chi connectivity index (χ0) is 9.61. The van der Waals surface area contributed by atoms with E-state index < -0.39 is 8.07 Å². The number of rotatable bonds is 6. The van der Waals surface area contributed by atoms with Gasteiger partial charge in [0.25, 0.3) is 0 Å². The van der Waals surface area contributed by atoms with E-state index in [0.29, 0.717) is 5.67 Å². The Hall–Kier alpha value is 0.177. The maximum absolute atomic E-state index is 6.19. The highest BCUT2D eigenvalue weighted by molar-refractivity contribution is 6.80. The van der Waals surface area contributed by atoms with Crippen LogP contribution in [0.1, 0.15) is 40.0 Å². The van der Waals surface area contributed by atoms with Crippen molar-refractivity contribution >= 4 is 8.07 Å². The Labute approximate surface area is 78.7 Å². The molecule has 0 aliphatic heterocycles. The van der Waals surface area contributed by atoms with Crippen molar-refractivity contribution in [2.45, 2.75) is 64.3 Å². The highest BCUT2D eigenvalue weighted by Gasteiger charge is 2.30. The predicted molar refractivity (Wildman–Crippen MR) is 60.1 cm³/mol. The molecule has 0 fully saturated rings. The molecule has 0 aromatic heterocycles. The van der Waals surface area contributed by atoms with Gasteiger partial charge >= 0.3 is 0 Å². The average Bonchev–Trinajstić information content (AvgIpc) is 2.04. The van der Waals surface area contributed by atoms with Crippen LogP contribution in [0.25, 0.3) is 0 Å². The molecule has 0 aliphatic carbocycles. The lowest BCUT2D eigenvalue weighted by Crippen LogP contribution is -2.49. The molecule has 0 aromatic carbocycles. The van der Waals surface area contributed by atoms with Crippen LogP contribution in [0.2, 0.25) is 18.6 Å². The van der Waals surface area contributed by atoms with Gasteiger partial charge in [0.05, 0.1) is 8.07 Å². The molecule has 0 amide bonds. The van der Waals surface area contributed by atoms with Crippen molar-refractivity contribution in [3.63, 3.8) is 0 Å². The summed E-state index contributed by atoms with van der Waals surface area (Å²) in [4.78, 5) is 0. The number of hydrogen-bond donors (Lipinski definition) is 1. The minimum atomic E-state index is -1.08. The van der Waals surface area contributed by atoms with Gasteiger partial charge in [-0.05, 0) is 12.1 Å².